The van der Waals surface area contributed by atoms with E-state index < -0.39 is 10.0 Å². The summed E-state index contributed by atoms with van der Waals surface area (Å²) in [5.41, 5.74) is 2.20. The maximum absolute atomic E-state index is 11.8. The highest BCUT2D eigenvalue weighted by molar-refractivity contribution is 14.0. The van der Waals surface area contributed by atoms with Crippen LogP contribution >= 0.6 is 24.0 Å². The van der Waals surface area contributed by atoms with Crippen molar-refractivity contribution in [1.82, 2.24) is 15.4 Å². The van der Waals surface area contributed by atoms with Gasteiger partial charge in [0.15, 0.2) is 5.96 Å². The van der Waals surface area contributed by atoms with E-state index in [9.17, 15) is 8.42 Å². The molecule has 9 heteroatoms. The van der Waals surface area contributed by atoms with E-state index in [1.807, 2.05) is 13.0 Å². The molecule has 0 bridgehead atoms. The molecule has 0 aromatic heterocycles. The van der Waals surface area contributed by atoms with Gasteiger partial charge in [0.2, 0.25) is 10.0 Å². The first-order chi connectivity index (χ1) is 14.0. The zero-order valence-corrected chi connectivity index (χ0v) is 20.5. The van der Waals surface area contributed by atoms with E-state index in [1.54, 1.807) is 24.3 Å². The van der Waals surface area contributed by atoms with Crippen molar-refractivity contribution in [3.63, 3.8) is 0 Å². The van der Waals surface area contributed by atoms with Gasteiger partial charge in [-0.05, 0) is 50.2 Å². The van der Waals surface area contributed by atoms with Crippen molar-refractivity contribution >= 4 is 45.6 Å². The third-order valence-corrected chi connectivity index (χ3v) is 6.35. The molecule has 0 aliphatic carbocycles. The van der Waals surface area contributed by atoms with E-state index in [0.29, 0.717) is 12.6 Å². The summed E-state index contributed by atoms with van der Waals surface area (Å²) in [7, 11) is -2.01. The SMILES string of the molecule is CCNC(=NCc1ccc(S(=O)(=O)NC)cc1)NC1CCN(c2ccccc2)C1.I. The minimum absolute atomic E-state index is 0. The van der Waals surface area contributed by atoms with Crippen molar-refractivity contribution in [2.24, 2.45) is 4.99 Å². The number of nitrogens with one attached hydrogen (secondary N) is 3. The van der Waals surface area contributed by atoms with Gasteiger partial charge in [0, 0.05) is 31.4 Å². The molecule has 3 rings (SSSR count). The number of benzene rings is 2. The Kier molecular flexibility index (Phi) is 9.37. The van der Waals surface area contributed by atoms with Crippen molar-refractivity contribution in [1.29, 1.82) is 0 Å². The number of halogens is 1. The smallest absolute Gasteiger partial charge is 0.240 e. The molecule has 1 fully saturated rings. The highest BCUT2D eigenvalue weighted by Gasteiger charge is 2.23. The third-order valence-electron chi connectivity index (χ3n) is 4.92. The molecule has 7 nitrogen and oxygen atoms in total. The summed E-state index contributed by atoms with van der Waals surface area (Å²) in [5.74, 6) is 0.777. The average molecular weight is 543 g/mol. The maximum Gasteiger partial charge on any atom is 0.240 e. The molecule has 3 N–H and O–H groups in total. The van der Waals surface area contributed by atoms with Gasteiger partial charge in [0.05, 0.1) is 11.4 Å². The van der Waals surface area contributed by atoms with Gasteiger partial charge in [-0.3, -0.25) is 0 Å². The first-order valence-electron chi connectivity index (χ1n) is 9.89. The standard InChI is InChI=1S/C21H29N5O2S.HI/c1-3-23-21(24-15-17-9-11-20(12-10-17)29(27,28)22-2)25-18-13-14-26(16-18)19-7-5-4-6-8-19;/h4-12,18,22H,3,13-16H2,1-2H3,(H2,23,24,25);1H. The Morgan fingerprint density at radius 3 is 2.47 bits per heavy atom. The number of aliphatic imine (C=N–C) groups is 1. The number of hydrogen-bond acceptors (Lipinski definition) is 4. The van der Waals surface area contributed by atoms with Crippen LogP contribution in [0.4, 0.5) is 5.69 Å². The number of sulfonamides is 1. The lowest BCUT2D eigenvalue weighted by atomic mass is 10.2. The van der Waals surface area contributed by atoms with Crippen molar-refractivity contribution in [3.05, 3.63) is 60.2 Å². The molecule has 2 aromatic rings. The summed E-state index contributed by atoms with van der Waals surface area (Å²) >= 11 is 0. The topological polar surface area (TPSA) is 85.8 Å². The number of rotatable bonds is 7. The second kappa shape index (κ2) is 11.5. The molecular formula is C21H30IN5O2S. The van der Waals surface area contributed by atoms with Gasteiger partial charge >= 0.3 is 0 Å². The molecule has 1 aliphatic rings. The van der Waals surface area contributed by atoms with Crippen molar-refractivity contribution in [2.75, 3.05) is 31.6 Å². The van der Waals surface area contributed by atoms with Crippen LogP contribution in [0.5, 0.6) is 0 Å². The molecule has 164 valence electrons. The van der Waals surface area contributed by atoms with Crippen LogP contribution in [0, 0.1) is 0 Å². The molecule has 0 spiro atoms. The molecule has 30 heavy (non-hydrogen) atoms. The van der Waals surface area contributed by atoms with Gasteiger partial charge in [0.1, 0.15) is 0 Å². The predicted molar refractivity (Wildman–Crippen MR) is 133 cm³/mol. The summed E-state index contributed by atoms with van der Waals surface area (Å²) in [4.78, 5) is 7.30. The molecule has 1 heterocycles. The molecule has 0 saturated carbocycles. The second-order valence-electron chi connectivity index (χ2n) is 6.96. The maximum atomic E-state index is 11.8. The Morgan fingerprint density at radius 1 is 1.13 bits per heavy atom. The van der Waals surface area contributed by atoms with Crippen LogP contribution in [0.3, 0.4) is 0 Å². The van der Waals surface area contributed by atoms with E-state index in [2.05, 4.69) is 49.5 Å². The zero-order chi connectivity index (χ0) is 20.7. The van der Waals surface area contributed by atoms with Crippen molar-refractivity contribution in [3.8, 4) is 0 Å². The summed E-state index contributed by atoms with van der Waals surface area (Å²) in [6.07, 6.45) is 1.05. The molecule has 0 radical (unpaired) electrons. The van der Waals surface area contributed by atoms with Gasteiger partial charge < -0.3 is 15.5 Å². The lowest BCUT2D eigenvalue weighted by molar-refractivity contribution is 0.588. The molecule has 1 saturated heterocycles. The summed E-state index contributed by atoms with van der Waals surface area (Å²) in [6, 6.07) is 17.6. The molecule has 2 aromatic carbocycles. The van der Waals surface area contributed by atoms with E-state index >= 15 is 0 Å². The first kappa shape index (κ1) is 24.4. The molecule has 0 amide bonds. The van der Waals surface area contributed by atoms with Gasteiger partial charge in [-0.25, -0.2) is 18.1 Å². The predicted octanol–water partition coefficient (Wildman–Crippen LogP) is 2.55. The number of anilines is 1. The number of nitrogens with zero attached hydrogens (tertiary/aromatic N) is 2. The van der Waals surface area contributed by atoms with Gasteiger partial charge in [-0.1, -0.05) is 30.3 Å². The van der Waals surface area contributed by atoms with E-state index in [0.717, 1.165) is 37.6 Å². The Morgan fingerprint density at radius 2 is 1.83 bits per heavy atom. The van der Waals surface area contributed by atoms with Crippen molar-refractivity contribution < 1.29 is 8.42 Å². The fraction of sp³-hybridized carbons (Fsp3) is 0.381. The van der Waals surface area contributed by atoms with Crippen LogP contribution in [0.1, 0.15) is 18.9 Å². The Balaban J connectivity index is 0.00000320. The average Bonchev–Trinajstić information content (AvgIpc) is 3.22. The number of hydrogen-bond donors (Lipinski definition) is 3. The normalized spacial score (nSPS) is 16.8. The second-order valence-corrected chi connectivity index (χ2v) is 8.84. The minimum Gasteiger partial charge on any atom is -0.369 e. The number of guanidine groups is 1. The van der Waals surface area contributed by atoms with E-state index in [4.69, 9.17) is 0 Å². The Labute approximate surface area is 196 Å². The lowest BCUT2D eigenvalue weighted by Crippen LogP contribution is -2.44. The molecular weight excluding hydrogens is 513 g/mol. The fourth-order valence-corrected chi connectivity index (χ4v) is 4.06. The van der Waals surface area contributed by atoms with Crippen LogP contribution in [0.25, 0.3) is 0 Å². The first-order valence-corrected chi connectivity index (χ1v) is 11.4. The van der Waals surface area contributed by atoms with Crippen LogP contribution in [-0.4, -0.2) is 47.1 Å². The van der Waals surface area contributed by atoms with Crippen LogP contribution in [-0.2, 0) is 16.6 Å². The largest absolute Gasteiger partial charge is 0.369 e. The molecule has 1 atom stereocenters. The van der Waals surface area contributed by atoms with Crippen molar-refractivity contribution in [2.45, 2.75) is 30.8 Å². The fourth-order valence-electron chi connectivity index (χ4n) is 3.33. The minimum atomic E-state index is -3.41. The van der Waals surface area contributed by atoms with Crippen LogP contribution in [0.2, 0.25) is 0 Å². The van der Waals surface area contributed by atoms with Crippen LogP contribution in [0.15, 0.2) is 64.5 Å². The van der Waals surface area contributed by atoms with E-state index in [1.165, 1.54) is 12.7 Å². The highest BCUT2D eigenvalue weighted by atomic mass is 127. The van der Waals surface area contributed by atoms with Gasteiger partial charge in [-0.15, -0.1) is 24.0 Å². The summed E-state index contributed by atoms with van der Waals surface area (Å²) in [6.45, 7) is 5.25. The quantitative estimate of drug-likeness (QED) is 0.284. The number of para-hydroxylation sites is 1. The molecule has 1 aliphatic heterocycles. The zero-order valence-electron chi connectivity index (χ0n) is 17.3. The lowest BCUT2D eigenvalue weighted by Gasteiger charge is -2.20. The third kappa shape index (κ3) is 6.58. The molecule has 1 unspecified atom stereocenters. The van der Waals surface area contributed by atoms with Crippen LogP contribution < -0.4 is 20.3 Å². The van der Waals surface area contributed by atoms with Gasteiger partial charge in [-0.2, -0.15) is 0 Å². The Bertz CT molecular complexity index is 920. The Hall–Kier alpha value is -1.85. The van der Waals surface area contributed by atoms with E-state index in [-0.39, 0.29) is 28.9 Å². The monoisotopic (exact) mass is 543 g/mol. The highest BCUT2D eigenvalue weighted by Crippen LogP contribution is 2.19. The summed E-state index contributed by atoms with van der Waals surface area (Å²) < 4.78 is 26.0. The summed E-state index contributed by atoms with van der Waals surface area (Å²) in [5, 5.41) is 6.82. The van der Waals surface area contributed by atoms with Gasteiger partial charge in [0.25, 0.3) is 0 Å².